The highest BCUT2D eigenvalue weighted by molar-refractivity contribution is 7.15. The molecule has 0 aliphatic carbocycles. The number of thiazole rings is 1. The van der Waals surface area contributed by atoms with Gasteiger partial charge in [0.1, 0.15) is 5.69 Å². The van der Waals surface area contributed by atoms with Crippen LogP contribution in [0.3, 0.4) is 0 Å². The molecule has 0 unspecified atom stereocenters. The number of rotatable bonds is 7. The van der Waals surface area contributed by atoms with Crippen LogP contribution in [0.15, 0.2) is 29.8 Å². The van der Waals surface area contributed by atoms with Crippen molar-refractivity contribution in [1.82, 2.24) is 14.3 Å². The van der Waals surface area contributed by atoms with Crippen LogP contribution >= 0.6 is 11.3 Å². The van der Waals surface area contributed by atoms with Crippen molar-refractivity contribution in [3.8, 4) is 17.0 Å². The summed E-state index contributed by atoms with van der Waals surface area (Å²) in [7, 11) is 3.04. The van der Waals surface area contributed by atoms with Gasteiger partial charge in [-0.2, -0.15) is 0 Å². The summed E-state index contributed by atoms with van der Waals surface area (Å²) in [5.74, 6) is -0.354. The van der Waals surface area contributed by atoms with Crippen molar-refractivity contribution in [1.29, 1.82) is 0 Å². The Morgan fingerprint density at radius 2 is 2.15 bits per heavy atom. The van der Waals surface area contributed by atoms with Gasteiger partial charge in [0.2, 0.25) is 0 Å². The first-order chi connectivity index (χ1) is 13.0. The van der Waals surface area contributed by atoms with Crippen LogP contribution in [-0.4, -0.2) is 53.6 Å². The summed E-state index contributed by atoms with van der Waals surface area (Å²) in [5.41, 5.74) is 1.76. The molecule has 0 saturated heterocycles. The quantitative estimate of drug-likeness (QED) is 0.616. The number of ether oxygens (including phenoxy) is 2. The lowest BCUT2D eigenvalue weighted by atomic mass is 10.1. The molecule has 0 fully saturated rings. The summed E-state index contributed by atoms with van der Waals surface area (Å²) in [5, 5.41) is 1.80. The van der Waals surface area contributed by atoms with E-state index in [1.807, 2.05) is 13.8 Å². The fraction of sp³-hybridized carbons (Fsp3) is 0.368. The van der Waals surface area contributed by atoms with Crippen LogP contribution in [0.4, 0.5) is 4.39 Å². The van der Waals surface area contributed by atoms with Gasteiger partial charge in [0.15, 0.2) is 16.5 Å². The Balaban J connectivity index is 1.95. The van der Waals surface area contributed by atoms with Crippen molar-refractivity contribution >= 4 is 22.2 Å². The average molecular weight is 391 g/mol. The molecule has 8 heteroatoms. The fourth-order valence-corrected chi connectivity index (χ4v) is 3.68. The second kappa shape index (κ2) is 8.06. The number of carbonyl (C=O) groups excluding carboxylic acids is 1. The summed E-state index contributed by atoms with van der Waals surface area (Å²) in [6.45, 7) is 4.92. The molecule has 0 saturated carbocycles. The van der Waals surface area contributed by atoms with Crippen molar-refractivity contribution in [3.05, 3.63) is 41.3 Å². The zero-order valence-corrected chi connectivity index (χ0v) is 16.5. The van der Waals surface area contributed by atoms with Crippen LogP contribution in [0.25, 0.3) is 16.2 Å². The van der Waals surface area contributed by atoms with Gasteiger partial charge in [-0.05, 0) is 32.0 Å². The van der Waals surface area contributed by atoms with Crippen LogP contribution in [0, 0.1) is 5.82 Å². The predicted molar refractivity (Wildman–Crippen MR) is 103 cm³/mol. The first-order valence-electron chi connectivity index (χ1n) is 8.56. The van der Waals surface area contributed by atoms with Crippen LogP contribution < -0.4 is 4.74 Å². The number of aromatic nitrogens is 2. The number of nitrogens with zero attached hydrogens (tertiary/aromatic N) is 3. The van der Waals surface area contributed by atoms with Gasteiger partial charge in [-0.1, -0.05) is 0 Å². The third-order valence-electron chi connectivity index (χ3n) is 4.30. The third-order valence-corrected chi connectivity index (χ3v) is 5.14. The van der Waals surface area contributed by atoms with Gasteiger partial charge >= 0.3 is 0 Å². The largest absolute Gasteiger partial charge is 0.494 e. The maximum absolute atomic E-state index is 14.0. The van der Waals surface area contributed by atoms with E-state index in [0.717, 1.165) is 0 Å². The van der Waals surface area contributed by atoms with Crippen LogP contribution in [0.2, 0.25) is 0 Å². The van der Waals surface area contributed by atoms with E-state index < -0.39 is 5.82 Å². The molecule has 27 heavy (non-hydrogen) atoms. The molecule has 0 radical (unpaired) electrons. The fourth-order valence-electron chi connectivity index (χ4n) is 2.83. The minimum atomic E-state index is -0.451. The number of imidazole rings is 1. The summed E-state index contributed by atoms with van der Waals surface area (Å²) >= 11 is 1.38. The molecule has 144 valence electrons. The highest BCUT2D eigenvalue weighted by Gasteiger charge is 2.23. The molecule has 2 aromatic heterocycles. The van der Waals surface area contributed by atoms with E-state index in [1.165, 1.54) is 24.5 Å². The summed E-state index contributed by atoms with van der Waals surface area (Å²) in [6.07, 6.45) is 1.76. The molecule has 3 rings (SSSR count). The molecule has 2 heterocycles. The Morgan fingerprint density at radius 1 is 1.37 bits per heavy atom. The van der Waals surface area contributed by atoms with E-state index in [9.17, 15) is 9.18 Å². The topological polar surface area (TPSA) is 56.1 Å². The second-order valence-electron chi connectivity index (χ2n) is 6.33. The molecule has 6 nitrogen and oxygen atoms in total. The lowest BCUT2D eigenvalue weighted by Gasteiger charge is -2.26. The molecule has 3 aromatic rings. The monoisotopic (exact) mass is 391 g/mol. The smallest absolute Gasteiger partial charge is 0.272 e. The lowest BCUT2D eigenvalue weighted by Crippen LogP contribution is -2.39. The van der Waals surface area contributed by atoms with E-state index in [-0.39, 0.29) is 17.7 Å². The van der Waals surface area contributed by atoms with Crippen molar-refractivity contribution < 1.29 is 18.7 Å². The minimum Gasteiger partial charge on any atom is -0.494 e. The number of carbonyl (C=O) groups is 1. The average Bonchev–Trinajstić information content (AvgIpc) is 3.22. The van der Waals surface area contributed by atoms with E-state index in [1.54, 1.807) is 40.1 Å². The Labute approximate surface area is 161 Å². The maximum Gasteiger partial charge on any atom is 0.272 e. The number of benzene rings is 1. The molecule has 0 spiro atoms. The van der Waals surface area contributed by atoms with E-state index >= 15 is 0 Å². The zero-order valence-electron chi connectivity index (χ0n) is 15.7. The molecular formula is C19H22FN3O3S. The molecular weight excluding hydrogens is 369 g/mol. The number of amides is 1. The molecule has 0 atom stereocenters. The Bertz CT molecular complexity index is 951. The first-order valence-corrected chi connectivity index (χ1v) is 9.44. The summed E-state index contributed by atoms with van der Waals surface area (Å²) in [6, 6.07) is 4.73. The van der Waals surface area contributed by atoms with Gasteiger partial charge in [0, 0.05) is 36.8 Å². The van der Waals surface area contributed by atoms with Gasteiger partial charge in [-0.3, -0.25) is 9.20 Å². The van der Waals surface area contributed by atoms with Crippen LogP contribution in [0.1, 0.15) is 24.3 Å². The number of hydrogen-bond donors (Lipinski definition) is 0. The predicted octanol–water partition coefficient (Wildman–Crippen LogP) is 3.71. The van der Waals surface area contributed by atoms with Crippen molar-refractivity contribution in [3.63, 3.8) is 0 Å². The molecule has 1 amide bonds. The number of hydrogen-bond acceptors (Lipinski definition) is 5. The minimum absolute atomic E-state index is 0.0428. The van der Waals surface area contributed by atoms with Gasteiger partial charge in [-0.25, -0.2) is 9.37 Å². The first kappa shape index (κ1) is 19.3. The summed E-state index contributed by atoms with van der Waals surface area (Å²) < 4.78 is 25.8. The molecule has 0 N–H and O–H groups in total. The molecule has 0 bridgehead atoms. The third kappa shape index (κ3) is 3.81. The van der Waals surface area contributed by atoms with Crippen LogP contribution in [-0.2, 0) is 4.74 Å². The second-order valence-corrected chi connectivity index (χ2v) is 7.17. The van der Waals surface area contributed by atoms with E-state index in [0.29, 0.717) is 35.1 Å². The Hall–Kier alpha value is -2.45. The standard InChI is InChI=1S/C19H22FN3O3S/c1-12(2)22(7-8-25-3)18(24)16-11-27-19-21-15(10-23(16)19)13-5-6-17(26-4)14(20)9-13/h5-6,9-12H,7-8H2,1-4H3. The number of methoxy groups -OCH3 is 2. The van der Waals surface area contributed by atoms with E-state index in [2.05, 4.69) is 4.98 Å². The molecule has 0 aliphatic rings. The lowest BCUT2D eigenvalue weighted by molar-refractivity contribution is 0.0628. The van der Waals surface area contributed by atoms with Crippen molar-refractivity contribution in [2.45, 2.75) is 19.9 Å². The molecule has 1 aromatic carbocycles. The van der Waals surface area contributed by atoms with E-state index in [4.69, 9.17) is 9.47 Å². The highest BCUT2D eigenvalue weighted by atomic mass is 32.1. The number of fused-ring (bicyclic) bond motifs is 1. The van der Waals surface area contributed by atoms with Crippen LogP contribution in [0.5, 0.6) is 5.75 Å². The van der Waals surface area contributed by atoms with Gasteiger partial charge < -0.3 is 14.4 Å². The molecule has 0 aliphatic heterocycles. The van der Waals surface area contributed by atoms with Gasteiger partial charge in [0.25, 0.3) is 5.91 Å². The number of halogens is 1. The maximum atomic E-state index is 14.0. The van der Waals surface area contributed by atoms with Gasteiger partial charge in [0.05, 0.1) is 19.4 Å². The Kier molecular flexibility index (Phi) is 5.76. The Morgan fingerprint density at radius 3 is 2.78 bits per heavy atom. The van der Waals surface area contributed by atoms with Crippen molar-refractivity contribution in [2.24, 2.45) is 0 Å². The SMILES string of the molecule is COCCN(C(=O)c1csc2nc(-c3ccc(OC)c(F)c3)cn12)C(C)C. The van der Waals surface area contributed by atoms with Gasteiger partial charge in [-0.15, -0.1) is 11.3 Å². The zero-order chi connectivity index (χ0) is 19.6. The van der Waals surface area contributed by atoms with Crippen molar-refractivity contribution in [2.75, 3.05) is 27.4 Å². The summed E-state index contributed by atoms with van der Waals surface area (Å²) in [4.78, 5) is 20.0. The normalized spacial score (nSPS) is 11.3. The highest BCUT2D eigenvalue weighted by Crippen LogP contribution is 2.28.